The van der Waals surface area contributed by atoms with Gasteiger partial charge in [-0.25, -0.2) is 4.79 Å². The predicted octanol–water partition coefficient (Wildman–Crippen LogP) is -0.493. The van der Waals surface area contributed by atoms with Crippen LogP contribution in [-0.4, -0.2) is 46.9 Å². The van der Waals surface area contributed by atoms with Gasteiger partial charge in [0.05, 0.1) is 0 Å². The van der Waals surface area contributed by atoms with E-state index in [9.17, 15) is 9.59 Å². The second-order valence-corrected chi connectivity index (χ2v) is 4.06. The Kier molecular flexibility index (Phi) is 4.26. The van der Waals surface area contributed by atoms with Crippen molar-refractivity contribution in [3.8, 4) is 0 Å². The van der Waals surface area contributed by atoms with Crippen molar-refractivity contribution in [3.05, 3.63) is 0 Å². The van der Waals surface area contributed by atoms with E-state index in [0.717, 1.165) is 6.42 Å². The SMILES string of the molecule is CC1(C(=O)NC(CCO)C(=O)O)CCCO1. The maximum Gasteiger partial charge on any atom is 0.326 e. The van der Waals surface area contributed by atoms with Crippen molar-refractivity contribution in [2.75, 3.05) is 13.2 Å². The van der Waals surface area contributed by atoms with Crippen molar-refractivity contribution in [2.24, 2.45) is 0 Å². The Bertz CT molecular complexity index is 272. The highest BCUT2D eigenvalue weighted by molar-refractivity contribution is 5.89. The largest absolute Gasteiger partial charge is 0.480 e. The number of aliphatic carboxylic acids is 1. The molecule has 0 saturated carbocycles. The van der Waals surface area contributed by atoms with E-state index in [0.29, 0.717) is 13.0 Å². The summed E-state index contributed by atoms with van der Waals surface area (Å²) in [6.07, 6.45) is 1.38. The van der Waals surface area contributed by atoms with Gasteiger partial charge in [0, 0.05) is 19.6 Å². The Morgan fingerprint density at radius 1 is 1.56 bits per heavy atom. The molecule has 6 heteroatoms. The first-order valence-electron chi connectivity index (χ1n) is 5.28. The van der Waals surface area contributed by atoms with Gasteiger partial charge < -0.3 is 20.3 Å². The second kappa shape index (κ2) is 5.27. The van der Waals surface area contributed by atoms with E-state index in [2.05, 4.69) is 5.32 Å². The van der Waals surface area contributed by atoms with Crippen LogP contribution in [0, 0.1) is 0 Å². The van der Waals surface area contributed by atoms with Gasteiger partial charge >= 0.3 is 5.97 Å². The highest BCUT2D eigenvalue weighted by Crippen LogP contribution is 2.25. The monoisotopic (exact) mass is 231 g/mol. The summed E-state index contributed by atoms with van der Waals surface area (Å²) in [5.74, 6) is -1.57. The fourth-order valence-electron chi connectivity index (χ4n) is 1.66. The van der Waals surface area contributed by atoms with E-state index in [1.165, 1.54) is 0 Å². The van der Waals surface area contributed by atoms with Crippen LogP contribution >= 0.6 is 0 Å². The zero-order valence-corrected chi connectivity index (χ0v) is 9.23. The molecule has 6 nitrogen and oxygen atoms in total. The molecule has 0 aromatic heterocycles. The number of amides is 1. The van der Waals surface area contributed by atoms with Crippen LogP contribution in [0.3, 0.4) is 0 Å². The third kappa shape index (κ3) is 2.93. The Morgan fingerprint density at radius 3 is 2.69 bits per heavy atom. The van der Waals surface area contributed by atoms with E-state index in [1.54, 1.807) is 6.92 Å². The smallest absolute Gasteiger partial charge is 0.326 e. The quantitative estimate of drug-likeness (QED) is 0.593. The van der Waals surface area contributed by atoms with Crippen LogP contribution in [0.15, 0.2) is 0 Å². The van der Waals surface area contributed by atoms with Crippen molar-refractivity contribution in [3.63, 3.8) is 0 Å². The summed E-state index contributed by atoms with van der Waals surface area (Å²) < 4.78 is 5.29. The Balaban J connectivity index is 2.57. The lowest BCUT2D eigenvalue weighted by molar-refractivity contribution is -0.147. The van der Waals surface area contributed by atoms with Gasteiger partial charge in [-0.3, -0.25) is 4.79 Å². The molecule has 16 heavy (non-hydrogen) atoms. The molecule has 1 fully saturated rings. The highest BCUT2D eigenvalue weighted by Gasteiger charge is 2.39. The van der Waals surface area contributed by atoms with Gasteiger partial charge in [-0.1, -0.05) is 0 Å². The summed E-state index contributed by atoms with van der Waals surface area (Å²) in [4.78, 5) is 22.6. The normalized spacial score (nSPS) is 26.4. The molecule has 0 spiro atoms. The fourth-order valence-corrected chi connectivity index (χ4v) is 1.66. The number of hydrogen-bond acceptors (Lipinski definition) is 4. The summed E-state index contributed by atoms with van der Waals surface area (Å²) in [6, 6.07) is -1.06. The van der Waals surface area contributed by atoms with E-state index >= 15 is 0 Å². The van der Waals surface area contributed by atoms with Crippen LogP contribution in [0.2, 0.25) is 0 Å². The maximum absolute atomic E-state index is 11.8. The van der Waals surface area contributed by atoms with Crippen molar-refractivity contribution in [1.82, 2.24) is 5.32 Å². The van der Waals surface area contributed by atoms with E-state index in [-0.39, 0.29) is 13.0 Å². The molecule has 1 saturated heterocycles. The highest BCUT2D eigenvalue weighted by atomic mass is 16.5. The number of carbonyl (C=O) groups is 2. The average Bonchev–Trinajstić information content (AvgIpc) is 2.65. The van der Waals surface area contributed by atoms with Crippen LogP contribution in [0.5, 0.6) is 0 Å². The molecule has 3 N–H and O–H groups in total. The number of aliphatic hydroxyl groups is 1. The lowest BCUT2D eigenvalue weighted by Crippen LogP contribution is -2.50. The van der Waals surface area contributed by atoms with Crippen molar-refractivity contribution >= 4 is 11.9 Å². The number of nitrogens with one attached hydrogen (secondary N) is 1. The zero-order valence-electron chi connectivity index (χ0n) is 9.23. The minimum Gasteiger partial charge on any atom is -0.480 e. The number of ether oxygens (including phenoxy) is 1. The third-order valence-electron chi connectivity index (χ3n) is 2.72. The van der Waals surface area contributed by atoms with Gasteiger partial charge in [-0.05, 0) is 19.8 Å². The molecule has 2 atom stereocenters. The summed E-state index contributed by atoms with van der Waals surface area (Å²) in [5.41, 5.74) is -0.927. The molecule has 1 rings (SSSR count). The molecule has 1 aliphatic rings. The van der Waals surface area contributed by atoms with Gasteiger partial charge in [-0.15, -0.1) is 0 Å². The van der Waals surface area contributed by atoms with Gasteiger partial charge in [0.1, 0.15) is 11.6 Å². The first-order valence-corrected chi connectivity index (χ1v) is 5.28. The number of carbonyl (C=O) groups excluding carboxylic acids is 1. The molecule has 0 bridgehead atoms. The number of carboxylic acids is 1. The number of rotatable bonds is 5. The third-order valence-corrected chi connectivity index (χ3v) is 2.72. The summed E-state index contributed by atoms with van der Waals surface area (Å²) in [5, 5.41) is 19.9. The summed E-state index contributed by atoms with van der Waals surface area (Å²) >= 11 is 0. The molecule has 1 aliphatic heterocycles. The van der Waals surface area contributed by atoms with Crippen molar-refractivity contribution < 1.29 is 24.5 Å². The van der Waals surface area contributed by atoms with Crippen LogP contribution < -0.4 is 5.32 Å². The molecule has 0 aromatic carbocycles. The lowest BCUT2D eigenvalue weighted by atomic mass is 10.0. The van der Waals surface area contributed by atoms with Crippen LogP contribution in [-0.2, 0) is 14.3 Å². The molecule has 2 unspecified atom stereocenters. The number of hydrogen-bond donors (Lipinski definition) is 3. The second-order valence-electron chi connectivity index (χ2n) is 4.06. The van der Waals surface area contributed by atoms with Crippen molar-refractivity contribution in [2.45, 2.75) is 37.8 Å². The minimum atomic E-state index is -1.15. The Labute approximate surface area is 93.6 Å². The average molecular weight is 231 g/mol. The maximum atomic E-state index is 11.8. The molecule has 1 amide bonds. The van der Waals surface area contributed by atoms with Gasteiger partial charge in [0.25, 0.3) is 5.91 Å². The molecular formula is C10H17NO5. The first kappa shape index (κ1) is 12.9. The summed E-state index contributed by atoms with van der Waals surface area (Å²) in [6.45, 7) is 1.88. The molecule has 92 valence electrons. The molecule has 0 radical (unpaired) electrons. The first-order chi connectivity index (χ1) is 7.49. The molecule has 0 aromatic rings. The fraction of sp³-hybridized carbons (Fsp3) is 0.800. The molecule has 1 heterocycles. The number of carboxylic acid groups (broad SMARTS) is 1. The van der Waals surface area contributed by atoms with E-state index in [1.807, 2.05) is 0 Å². The van der Waals surface area contributed by atoms with Gasteiger partial charge in [0.15, 0.2) is 0 Å². The topological polar surface area (TPSA) is 95.9 Å². The van der Waals surface area contributed by atoms with Gasteiger partial charge in [0.2, 0.25) is 0 Å². The summed E-state index contributed by atoms with van der Waals surface area (Å²) in [7, 11) is 0. The van der Waals surface area contributed by atoms with Crippen molar-refractivity contribution in [1.29, 1.82) is 0 Å². The van der Waals surface area contributed by atoms with E-state index in [4.69, 9.17) is 14.9 Å². The standard InChI is InChI=1S/C10H17NO5/c1-10(4-2-6-16-10)9(15)11-7(3-5-12)8(13)14/h7,12H,2-6H2,1H3,(H,11,15)(H,13,14). The van der Waals surface area contributed by atoms with Crippen LogP contribution in [0.1, 0.15) is 26.2 Å². The minimum absolute atomic E-state index is 0.00282. The number of aliphatic hydroxyl groups excluding tert-OH is 1. The van der Waals surface area contributed by atoms with Crippen LogP contribution in [0.4, 0.5) is 0 Å². The van der Waals surface area contributed by atoms with Crippen LogP contribution in [0.25, 0.3) is 0 Å². The molecule has 0 aliphatic carbocycles. The molecular weight excluding hydrogens is 214 g/mol. The Morgan fingerprint density at radius 2 is 2.25 bits per heavy atom. The zero-order chi connectivity index (χ0) is 12.2. The Hall–Kier alpha value is -1.14. The predicted molar refractivity (Wildman–Crippen MR) is 54.9 cm³/mol. The van der Waals surface area contributed by atoms with E-state index < -0.39 is 23.5 Å². The lowest BCUT2D eigenvalue weighted by Gasteiger charge is -2.24. The van der Waals surface area contributed by atoms with Gasteiger partial charge in [-0.2, -0.15) is 0 Å².